The van der Waals surface area contributed by atoms with Gasteiger partial charge in [-0.3, -0.25) is 29.3 Å². The molecular weight excluding hydrogens is 418 g/mol. The normalized spacial score (nSPS) is 14.6. The molecule has 5 rings (SSSR count). The van der Waals surface area contributed by atoms with Crippen LogP contribution in [0, 0.1) is 10.1 Å². The molecule has 0 bridgehead atoms. The number of hydrogen-bond acceptors (Lipinski definition) is 7. The molecule has 0 unspecified atom stereocenters. The molecule has 0 saturated carbocycles. The molecule has 0 fully saturated rings. The van der Waals surface area contributed by atoms with Gasteiger partial charge in [0, 0.05) is 6.07 Å². The zero-order valence-electron chi connectivity index (χ0n) is 16.1. The summed E-state index contributed by atoms with van der Waals surface area (Å²) in [5, 5.41) is 12.0. The summed E-state index contributed by atoms with van der Waals surface area (Å²) in [6.07, 6.45) is 0. The molecule has 10 heteroatoms. The number of carbonyl (C=O) groups excluding carboxylic acids is 4. The molecule has 0 radical (unpaired) electrons. The number of amides is 4. The molecule has 0 spiro atoms. The first-order valence-electron chi connectivity index (χ1n) is 9.29. The van der Waals surface area contributed by atoms with Crippen LogP contribution < -0.4 is 4.74 Å². The zero-order valence-corrected chi connectivity index (χ0v) is 16.1. The van der Waals surface area contributed by atoms with Crippen molar-refractivity contribution in [1.82, 2.24) is 10.0 Å². The van der Waals surface area contributed by atoms with Crippen molar-refractivity contribution < 1.29 is 28.8 Å². The molecule has 0 N–H and O–H groups in total. The second-order valence-electron chi connectivity index (χ2n) is 6.95. The molecule has 0 atom stereocenters. The molecule has 4 amide bonds. The van der Waals surface area contributed by atoms with Gasteiger partial charge in [-0.2, -0.15) is 10.0 Å². The lowest BCUT2D eigenvalue weighted by molar-refractivity contribution is -0.384. The SMILES string of the molecule is O=C1c2ccccc2C(=O)N1N1C(=O)c2ccc(Oc3cccc([N+](=O)[O-])c3)cc2C1=O. The number of carbonyl (C=O) groups is 4. The second-order valence-corrected chi connectivity index (χ2v) is 6.95. The summed E-state index contributed by atoms with van der Waals surface area (Å²) in [7, 11) is 0. The Morgan fingerprint density at radius 1 is 0.625 bits per heavy atom. The largest absolute Gasteiger partial charge is 0.457 e. The number of nitrogens with zero attached hydrogens (tertiary/aromatic N) is 3. The topological polar surface area (TPSA) is 127 Å². The molecular formula is C22H11N3O7. The van der Waals surface area contributed by atoms with Crippen molar-refractivity contribution >= 4 is 29.3 Å². The molecule has 2 heterocycles. The van der Waals surface area contributed by atoms with E-state index < -0.39 is 28.6 Å². The number of hydrazine groups is 1. The highest BCUT2D eigenvalue weighted by atomic mass is 16.6. The van der Waals surface area contributed by atoms with Crippen molar-refractivity contribution in [2.45, 2.75) is 0 Å². The fourth-order valence-corrected chi connectivity index (χ4v) is 3.61. The van der Waals surface area contributed by atoms with Crippen LogP contribution >= 0.6 is 0 Å². The quantitative estimate of drug-likeness (QED) is 0.354. The number of nitro benzene ring substituents is 1. The standard InChI is InChI=1S/C22H11N3O7/c26-19-15-6-1-2-7-16(15)20(27)23(19)24-21(28)17-9-8-14(11-18(17)22(24)29)32-13-5-3-4-12(10-13)25(30)31/h1-11H. The predicted octanol–water partition coefficient (Wildman–Crippen LogP) is 3.19. The summed E-state index contributed by atoms with van der Waals surface area (Å²) < 4.78 is 5.60. The van der Waals surface area contributed by atoms with E-state index >= 15 is 0 Å². The number of rotatable bonds is 4. The van der Waals surface area contributed by atoms with Gasteiger partial charge in [-0.05, 0) is 36.4 Å². The monoisotopic (exact) mass is 429 g/mol. The lowest BCUT2D eigenvalue weighted by atomic mass is 10.1. The highest BCUT2D eigenvalue weighted by Crippen LogP contribution is 2.34. The minimum atomic E-state index is -0.857. The average molecular weight is 429 g/mol. The fourth-order valence-electron chi connectivity index (χ4n) is 3.61. The highest BCUT2D eigenvalue weighted by molar-refractivity contribution is 6.28. The molecule has 0 aliphatic carbocycles. The Balaban J connectivity index is 1.46. The van der Waals surface area contributed by atoms with Gasteiger partial charge in [0.15, 0.2) is 0 Å². The zero-order chi connectivity index (χ0) is 22.6. The van der Waals surface area contributed by atoms with Crippen molar-refractivity contribution in [1.29, 1.82) is 0 Å². The van der Waals surface area contributed by atoms with Crippen molar-refractivity contribution in [3.63, 3.8) is 0 Å². The van der Waals surface area contributed by atoms with Gasteiger partial charge in [0.2, 0.25) is 0 Å². The van der Waals surface area contributed by atoms with E-state index in [0.29, 0.717) is 10.0 Å². The number of benzene rings is 3. The van der Waals surface area contributed by atoms with Gasteiger partial charge < -0.3 is 4.74 Å². The fraction of sp³-hybridized carbons (Fsp3) is 0. The molecule has 156 valence electrons. The number of ether oxygens (including phenoxy) is 1. The Bertz CT molecular complexity index is 1350. The van der Waals surface area contributed by atoms with Gasteiger partial charge in [0.25, 0.3) is 29.3 Å². The van der Waals surface area contributed by atoms with E-state index in [9.17, 15) is 29.3 Å². The van der Waals surface area contributed by atoms with Crippen LogP contribution in [0.4, 0.5) is 5.69 Å². The number of fused-ring (bicyclic) bond motifs is 2. The molecule has 0 saturated heterocycles. The van der Waals surface area contributed by atoms with E-state index in [2.05, 4.69) is 0 Å². The smallest absolute Gasteiger partial charge is 0.281 e. The number of hydrogen-bond donors (Lipinski definition) is 0. The van der Waals surface area contributed by atoms with E-state index in [1.807, 2.05) is 0 Å². The molecule has 10 nitrogen and oxygen atoms in total. The minimum Gasteiger partial charge on any atom is -0.457 e. The molecule has 0 aromatic heterocycles. The highest BCUT2D eigenvalue weighted by Gasteiger charge is 2.48. The van der Waals surface area contributed by atoms with Crippen molar-refractivity contribution in [3.8, 4) is 11.5 Å². The summed E-state index contributed by atoms with van der Waals surface area (Å²) in [4.78, 5) is 61.7. The Hall–Kier alpha value is -4.86. The summed E-state index contributed by atoms with van der Waals surface area (Å²) in [6.45, 7) is 0. The lowest BCUT2D eigenvalue weighted by Gasteiger charge is -2.23. The Morgan fingerprint density at radius 2 is 1.16 bits per heavy atom. The van der Waals surface area contributed by atoms with Crippen LogP contribution in [0.3, 0.4) is 0 Å². The predicted molar refractivity (Wildman–Crippen MR) is 107 cm³/mol. The maximum absolute atomic E-state index is 13.0. The molecule has 3 aromatic carbocycles. The molecule has 3 aromatic rings. The third kappa shape index (κ3) is 2.74. The van der Waals surface area contributed by atoms with Crippen LogP contribution in [-0.4, -0.2) is 38.6 Å². The summed E-state index contributed by atoms with van der Waals surface area (Å²) in [6, 6.07) is 15.5. The Kier molecular flexibility index (Phi) is 4.09. The van der Waals surface area contributed by atoms with Crippen molar-refractivity contribution in [3.05, 3.63) is 99.1 Å². The van der Waals surface area contributed by atoms with Crippen molar-refractivity contribution in [2.24, 2.45) is 0 Å². The second kappa shape index (κ2) is 6.84. The van der Waals surface area contributed by atoms with E-state index in [-0.39, 0.29) is 39.4 Å². The lowest BCUT2D eigenvalue weighted by Crippen LogP contribution is -2.49. The van der Waals surface area contributed by atoms with Crippen molar-refractivity contribution in [2.75, 3.05) is 0 Å². The average Bonchev–Trinajstić information content (AvgIpc) is 3.18. The summed E-state index contributed by atoms with van der Waals surface area (Å²) in [5.74, 6) is -2.91. The van der Waals surface area contributed by atoms with Crippen LogP contribution in [0.5, 0.6) is 11.5 Å². The molecule has 32 heavy (non-hydrogen) atoms. The first kappa shape index (κ1) is 19.1. The number of imide groups is 2. The van der Waals surface area contributed by atoms with Crippen LogP contribution in [-0.2, 0) is 0 Å². The van der Waals surface area contributed by atoms with Gasteiger partial charge in [0.1, 0.15) is 11.5 Å². The van der Waals surface area contributed by atoms with Crippen LogP contribution in [0.2, 0.25) is 0 Å². The van der Waals surface area contributed by atoms with E-state index in [0.717, 1.165) is 0 Å². The van der Waals surface area contributed by atoms with Gasteiger partial charge in [-0.25, -0.2) is 0 Å². The van der Waals surface area contributed by atoms with Crippen LogP contribution in [0.25, 0.3) is 0 Å². The Morgan fingerprint density at radius 3 is 1.75 bits per heavy atom. The summed E-state index contributed by atoms with van der Waals surface area (Å²) >= 11 is 0. The maximum atomic E-state index is 13.0. The first-order valence-corrected chi connectivity index (χ1v) is 9.29. The van der Waals surface area contributed by atoms with Gasteiger partial charge in [-0.15, -0.1) is 0 Å². The third-order valence-corrected chi connectivity index (χ3v) is 5.07. The molecule has 2 aliphatic heterocycles. The number of non-ortho nitro benzene ring substituents is 1. The summed E-state index contributed by atoms with van der Waals surface area (Å²) in [5.41, 5.74) is -0.0355. The third-order valence-electron chi connectivity index (χ3n) is 5.07. The van der Waals surface area contributed by atoms with Gasteiger partial charge in [0.05, 0.1) is 33.2 Å². The van der Waals surface area contributed by atoms with Crippen LogP contribution in [0.1, 0.15) is 41.4 Å². The van der Waals surface area contributed by atoms with E-state index in [1.165, 1.54) is 54.6 Å². The minimum absolute atomic E-state index is 0.00190. The number of nitro groups is 1. The maximum Gasteiger partial charge on any atom is 0.281 e. The molecule has 2 aliphatic rings. The Labute approximate surface area is 179 Å². The van der Waals surface area contributed by atoms with Gasteiger partial charge in [-0.1, -0.05) is 18.2 Å². The van der Waals surface area contributed by atoms with Gasteiger partial charge >= 0.3 is 0 Å². The van der Waals surface area contributed by atoms with E-state index in [1.54, 1.807) is 12.1 Å². The van der Waals surface area contributed by atoms with E-state index in [4.69, 9.17) is 4.74 Å². The first-order chi connectivity index (χ1) is 15.4. The van der Waals surface area contributed by atoms with Crippen LogP contribution in [0.15, 0.2) is 66.7 Å².